The Morgan fingerprint density at radius 3 is 2.52 bits per heavy atom. The van der Waals surface area contributed by atoms with Gasteiger partial charge in [0, 0.05) is 18.5 Å². The maximum absolute atomic E-state index is 13.4. The summed E-state index contributed by atoms with van der Waals surface area (Å²) in [6.07, 6.45) is 0.313. The number of aliphatic hydroxyl groups excluding tert-OH is 1. The molecule has 0 amide bonds. The molecule has 1 aliphatic heterocycles. The van der Waals surface area contributed by atoms with Crippen LogP contribution in [0.15, 0.2) is 65.9 Å². The van der Waals surface area contributed by atoms with Crippen LogP contribution in [0.2, 0.25) is 0 Å². The number of halogens is 1. The summed E-state index contributed by atoms with van der Waals surface area (Å²) < 4.78 is 18.5. The first-order chi connectivity index (χ1) is 13.0. The highest BCUT2D eigenvalue weighted by Gasteiger charge is 2.35. The van der Waals surface area contributed by atoms with E-state index in [1.165, 1.54) is 12.1 Å². The zero-order valence-electron chi connectivity index (χ0n) is 15.6. The highest BCUT2D eigenvalue weighted by Crippen LogP contribution is 2.39. The molecule has 4 nitrogen and oxygen atoms in total. The second-order valence-corrected chi connectivity index (χ2v) is 6.68. The topological polar surface area (TPSA) is 49.8 Å². The van der Waals surface area contributed by atoms with Gasteiger partial charge in [-0.1, -0.05) is 42.5 Å². The molecule has 1 N–H and O–H groups in total. The van der Waals surface area contributed by atoms with E-state index in [4.69, 9.17) is 4.74 Å². The summed E-state index contributed by atoms with van der Waals surface area (Å²) in [5.74, 6) is -0.759. The molecule has 142 valence electrons. The number of benzene rings is 2. The Morgan fingerprint density at radius 2 is 1.89 bits per heavy atom. The van der Waals surface area contributed by atoms with Crippen molar-refractivity contribution in [1.82, 2.24) is 4.90 Å². The van der Waals surface area contributed by atoms with E-state index in [1.807, 2.05) is 30.3 Å². The third kappa shape index (κ3) is 4.19. The largest absolute Gasteiger partial charge is 0.510 e. The molecule has 0 aromatic heterocycles. The van der Waals surface area contributed by atoms with E-state index >= 15 is 0 Å². The van der Waals surface area contributed by atoms with E-state index in [-0.39, 0.29) is 36.8 Å². The van der Waals surface area contributed by atoms with Gasteiger partial charge in [-0.05, 0) is 37.1 Å². The van der Waals surface area contributed by atoms with E-state index in [9.17, 15) is 14.3 Å². The van der Waals surface area contributed by atoms with Crippen LogP contribution < -0.4 is 0 Å². The van der Waals surface area contributed by atoms with E-state index in [1.54, 1.807) is 19.1 Å². The van der Waals surface area contributed by atoms with Gasteiger partial charge in [-0.3, -0.25) is 4.90 Å². The van der Waals surface area contributed by atoms with Crippen molar-refractivity contribution in [2.75, 3.05) is 13.2 Å². The summed E-state index contributed by atoms with van der Waals surface area (Å²) in [6.45, 7) is 4.28. The second-order valence-electron chi connectivity index (χ2n) is 6.68. The van der Waals surface area contributed by atoms with E-state index in [0.29, 0.717) is 12.0 Å². The number of esters is 1. The maximum Gasteiger partial charge on any atom is 0.337 e. The molecule has 1 aliphatic rings. The molecular formula is C22H24FNO3. The number of carbonyl (C=O) groups excluding carboxylic acids is 1. The first-order valence-electron chi connectivity index (χ1n) is 9.15. The normalized spacial score (nSPS) is 19.0. The number of rotatable bonds is 5. The number of carbonyl (C=O) groups is 1. The van der Waals surface area contributed by atoms with Crippen LogP contribution in [0.3, 0.4) is 0 Å². The smallest absolute Gasteiger partial charge is 0.337 e. The third-order valence-electron chi connectivity index (χ3n) is 5.03. The fourth-order valence-corrected chi connectivity index (χ4v) is 3.55. The molecule has 2 unspecified atom stereocenters. The van der Waals surface area contributed by atoms with Crippen molar-refractivity contribution in [3.05, 3.63) is 82.9 Å². The molecule has 0 saturated heterocycles. The Balaban J connectivity index is 1.98. The minimum atomic E-state index is -0.492. The molecular weight excluding hydrogens is 345 g/mol. The molecule has 0 aliphatic carbocycles. The Labute approximate surface area is 158 Å². The molecule has 0 fully saturated rings. The fourth-order valence-electron chi connectivity index (χ4n) is 3.55. The van der Waals surface area contributed by atoms with E-state index in [2.05, 4.69) is 11.8 Å². The van der Waals surface area contributed by atoms with Gasteiger partial charge in [-0.2, -0.15) is 0 Å². The molecule has 0 saturated carbocycles. The van der Waals surface area contributed by atoms with Crippen molar-refractivity contribution < 1.29 is 19.0 Å². The summed E-state index contributed by atoms with van der Waals surface area (Å²) in [6, 6.07) is 16.1. The van der Waals surface area contributed by atoms with Crippen LogP contribution >= 0.6 is 0 Å². The average molecular weight is 369 g/mol. The van der Waals surface area contributed by atoms with Gasteiger partial charge in [0.25, 0.3) is 0 Å². The standard InChI is InChI=1S/C22H24FNO3/c1-3-27-22(26)19-13-20(17-9-11-18(23)12-10-17)24(14-21(19)25)15(2)16-7-5-4-6-8-16/h4-12,15,20,25H,3,13-14H2,1-2H3. The highest BCUT2D eigenvalue weighted by atomic mass is 19.1. The molecule has 0 bridgehead atoms. The lowest BCUT2D eigenvalue weighted by molar-refractivity contribution is -0.139. The van der Waals surface area contributed by atoms with Gasteiger partial charge in [-0.15, -0.1) is 0 Å². The molecule has 2 atom stereocenters. The van der Waals surface area contributed by atoms with Crippen LogP contribution in [0.1, 0.15) is 43.5 Å². The summed E-state index contributed by atoms with van der Waals surface area (Å²) in [7, 11) is 0. The molecule has 5 heteroatoms. The van der Waals surface area contributed by atoms with Crippen molar-refractivity contribution in [3.63, 3.8) is 0 Å². The van der Waals surface area contributed by atoms with Crippen LogP contribution in [0, 0.1) is 5.82 Å². The Morgan fingerprint density at radius 1 is 1.22 bits per heavy atom. The van der Waals surface area contributed by atoms with Crippen molar-refractivity contribution in [3.8, 4) is 0 Å². The van der Waals surface area contributed by atoms with Crippen molar-refractivity contribution in [2.24, 2.45) is 0 Å². The molecule has 3 rings (SSSR count). The van der Waals surface area contributed by atoms with Crippen molar-refractivity contribution in [2.45, 2.75) is 32.4 Å². The predicted octanol–water partition coefficient (Wildman–Crippen LogP) is 4.71. The minimum Gasteiger partial charge on any atom is -0.510 e. The summed E-state index contributed by atoms with van der Waals surface area (Å²) >= 11 is 0. The fraction of sp³-hybridized carbons (Fsp3) is 0.318. The number of nitrogens with zero attached hydrogens (tertiary/aromatic N) is 1. The number of aliphatic hydroxyl groups is 1. The van der Waals surface area contributed by atoms with Crippen LogP contribution in [-0.4, -0.2) is 29.1 Å². The monoisotopic (exact) mass is 369 g/mol. The third-order valence-corrected chi connectivity index (χ3v) is 5.03. The second kappa shape index (κ2) is 8.35. The summed E-state index contributed by atoms with van der Waals surface area (Å²) in [5.41, 5.74) is 2.30. The molecule has 1 heterocycles. The molecule has 27 heavy (non-hydrogen) atoms. The van der Waals surface area contributed by atoms with Crippen LogP contribution in [0.4, 0.5) is 4.39 Å². The van der Waals surface area contributed by atoms with Gasteiger partial charge < -0.3 is 9.84 Å². The number of hydrogen-bond acceptors (Lipinski definition) is 4. The quantitative estimate of drug-likeness (QED) is 0.776. The van der Waals surface area contributed by atoms with E-state index in [0.717, 1.165) is 11.1 Å². The Kier molecular flexibility index (Phi) is 5.91. The number of hydrogen-bond donors (Lipinski definition) is 1. The van der Waals surface area contributed by atoms with Gasteiger partial charge in [0.05, 0.1) is 18.7 Å². The van der Waals surface area contributed by atoms with Crippen LogP contribution in [-0.2, 0) is 9.53 Å². The lowest BCUT2D eigenvalue weighted by Crippen LogP contribution is -2.38. The first-order valence-corrected chi connectivity index (χ1v) is 9.15. The maximum atomic E-state index is 13.4. The summed E-state index contributed by atoms with van der Waals surface area (Å²) in [5, 5.41) is 10.5. The van der Waals surface area contributed by atoms with Gasteiger partial charge >= 0.3 is 5.97 Å². The SMILES string of the molecule is CCOC(=O)C1=C(O)CN(C(C)c2ccccc2)C(c2ccc(F)cc2)C1. The number of ether oxygens (including phenoxy) is 1. The minimum absolute atomic E-state index is 0.00662. The van der Waals surface area contributed by atoms with Crippen molar-refractivity contribution in [1.29, 1.82) is 0 Å². The lowest BCUT2D eigenvalue weighted by Gasteiger charge is -2.40. The summed E-state index contributed by atoms with van der Waals surface area (Å²) in [4.78, 5) is 14.4. The zero-order valence-corrected chi connectivity index (χ0v) is 15.6. The van der Waals surface area contributed by atoms with Gasteiger partial charge in [-0.25, -0.2) is 9.18 Å². The van der Waals surface area contributed by atoms with Gasteiger partial charge in [0.2, 0.25) is 0 Å². The molecule has 0 radical (unpaired) electrons. The average Bonchev–Trinajstić information content (AvgIpc) is 2.69. The zero-order chi connectivity index (χ0) is 19.4. The molecule has 2 aromatic rings. The van der Waals surface area contributed by atoms with Gasteiger partial charge in [0.15, 0.2) is 0 Å². The molecule has 2 aromatic carbocycles. The Hall–Kier alpha value is -2.66. The van der Waals surface area contributed by atoms with Crippen LogP contribution in [0.5, 0.6) is 0 Å². The first kappa shape index (κ1) is 19.1. The highest BCUT2D eigenvalue weighted by molar-refractivity contribution is 5.89. The molecule has 0 spiro atoms. The lowest BCUT2D eigenvalue weighted by atomic mass is 9.90. The predicted molar refractivity (Wildman–Crippen MR) is 102 cm³/mol. The van der Waals surface area contributed by atoms with E-state index < -0.39 is 5.97 Å². The van der Waals surface area contributed by atoms with Gasteiger partial charge in [0.1, 0.15) is 11.6 Å². The Bertz CT molecular complexity index is 817. The van der Waals surface area contributed by atoms with Crippen LogP contribution in [0.25, 0.3) is 0 Å². The van der Waals surface area contributed by atoms with Crippen molar-refractivity contribution >= 4 is 5.97 Å².